The monoisotopic (exact) mass is 263 g/mol. The van der Waals surface area contributed by atoms with E-state index in [0.717, 1.165) is 24.0 Å². The number of rotatable bonds is 5. The fourth-order valence-corrected chi connectivity index (χ4v) is 2.00. The number of ether oxygens (including phenoxy) is 1. The molecule has 1 atom stereocenters. The average molecular weight is 263 g/mol. The van der Waals surface area contributed by atoms with Crippen LogP contribution in [0.5, 0.6) is 5.75 Å². The van der Waals surface area contributed by atoms with E-state index in [1.54, 1.807) is 11.8 Å². The Bertz CT molecular complexity index is 466. The number of nitrogens with zero attached hydrogens (tertiary/aromatic N) is 1. The Morgan fingerprint density at radius 1 is 1.53 bits per heavy atom. The molecule has 0 spiro atoms. The molecule has 1 aliphatic rings. The number of benzene rings is 1. The van der Waals surface area contributed by atoms with E-state index in [-0.39, 0.29) is 12.5 Å². The number of likely N-dealkylation sites (N-methyl/N-ethyl adjacent to an activating group) is 1. The van der Waals surface area contributed by atoms with Crippen LogP contribution in [0.1, 0.15) is 37.0 Å². The highest BCUT2D eigenvalue weighted by Gasteiger charge is 2.29. The summed E-state index contributed by atoms with van der Waals surface area (Å²) in [6.45, 7) is 3.71. The molecule has 104 valence electrons. The number of aliphatic hydroxyl groups excluding tert-OH is 1. The van der Waals surface area contributed by atoms with E-state index in [1.165, 1.54) is 0 Å². The Balaban J connectivity index is 1.93. The molecule has 0 unspecified atom stereocenters. The minimum absolute atomic E-state index is 0.0153. The van der Waals surface area contributed by atoms with Crippen molar-refractivity contribution >= 4 is 5.91 Å². The van der Waals surface area contributed by atoms with Crippen molar-refractivity contribution in [2.75, 3.05) is 13.7 Å². The minimum Gasteiger partial charge on any atom is -0.484 e. The maximum atomic E-state index is 11.8. The third kappa shape index (κ3) is 3.47. The van der Waals surface area contributed by atoms with Gasteiger partial charge in [0.1, 0.15) is 5.75 Å². The van der Waals surface area contributed by atoms with Gasteiger partial charge in [0.15, 0.2) is 6.61 Å². The second-order valence-electron chi connectivity index (χ2n) is 5.23. The molecule has 0 aliphatic heterocycles. The highest BCUT2D eigenvalue weighted by atomic mass is 16.5. The molecule has 1 aromatic rings. The van der Waals surface area contributed by atoms with Crippen LogP contribution in [0.4, 0.5) is 0 Å². The van der Waals surface area contributed by atoms with Crippen LogP contribution in [0.2, 0.25) is 0 Å². The third-order valence-corrected chi connectivity index (χ3v) is 3.52. The standard InChI is InChI=1S/C15H21NO3/c1-10-8-12(11(2)17)4-7-14(10)19-9-15(18)16(3)13-5-6-13/h4,7-8,11,13,17H,5-6,9H2,1-3H3/t11-/m1/s1. The molecule has 1 saturated carbocycles. The predicted molar refractivity (Wildman–Crippen MR) is 73.1 cm³/mol. The minimum atomic E-state index is -0.490. The number of carbonyl (C=O) groups is 1. The summed E-state index contributed by atoms with van der Waals surface area (Å²) in [5.74, 6) is 0.712. The molecular formula is C15H21NO3. The van der Waals surface area contributed by atoms with Crippen LogP contribution in [0.15, 0.2) is 18.2 Å². The summed E-state index contributed by atoms with van der Waals surface area (Å²) in [4.78, 5) is 13.6. The largest absolute Gasteiger partial charge is 0.484 e. The van der Waals surface area contributed by atoms with Gasteiger partial charge in [-0.1, -0.05) is 6.07 Å². The number of carbonyl (C=O) groups excluding carboxylic acids is 1. The first-order valence-electron chi connectivity index (χ1n) is 6.66. The zero-order chi connectivity index (χ0) is 14.0. The van der Waals surface area contributed by atoms with Crippen molar-refractivity contribution in [2.45, 2.75) is 38.8 Å². The van der Waals surface area contributed by atoms with Gasteiger partial charge in [-0.2, -0.15) is 0 Å². The van der Waals surface area contributed by atoms with Gasteiger partial charge in [0, 0.05) is 13.1 Å². The first-order valence-corrected chi connectivity index (χ1v) is 6.66. The molecule has 1 aliphatic carbocycles. The lowest BCUT2D eigenvalue weighted by Crippen LogP contribution is -2.33. The van der Waals surface area contributed by atoms with Gasteiger partial charge in [0.2, 0.25) is 0 Å². The molecular weight excluding hydrogens is 242 g/mol. The van der Waals surface area contributed by atoms with Crippen LogP contribution in [-0.4, -0.2) is 35.6 Å². The van der Waals surface area contributed by atoms with Crippen LogP contribution in [0.3, 0.4) is 0 Å². The zero-order valence-electron chi connectivity index (χ0n) is 11.7. The Morgan fingerprint density at radius 3 is 2.74 bits per heavy atom. The van der Waals surface area contributed by atoms with E-state index in [2.05, 4.69) is 0 Å². The van der Waals surface area contributed by atoms with Crippen molar-refractivity contribution < 1.29 is 14.6 Å². The van der Waals surface area contributed by atoms with E-state index in [0.29, 0.717) is 11.8 Å². The van der Waals surface area contributed by atoms with Gasteiger partial charge in [-0.05, 0) is 49.9 Å². The molecule has 1 fully saturated rings. The summed E-state index contributed by atoms with van der Waals surface area (Å²) in [6.07, 6.45) is 1.71. The summed E-state index contributed by atoms with van der Waals surface area (Å²) in [5.41, 5.74) is 1.78. The molecule has 19 heavy (non-hydrogen) atoms. The van der Waals surface area contributed by atoms with E-state index in [1.807, 2.05) is 32.2 Å². The number of aliphatic hydroxyl groups is 1. The summed E-state index contributed by atoms with van der Waals surface area (Å²) in [7, 11) is 1.83. The lowest BCUT2D eigenvalue weighted by molar-refractivity contribution is -0.132. The molecule has 4 heteroatoms. The Morgan fingerprint density at radius 2 is 2.21 bits per heavy atom. The normalized spacial score (nSPS) is 16.0. The highest BCUT2D eigenvalue weighted by Crippen LogP contribution is 2.26. The zero-order valence-corrected chi connectivity index (χ0v) is 11.7. The van der Waals surface area contributed by atoms with Crippen LogP contribution >= 0.6 is 0 Å². The van der Waals surface area contributed by atoms with Gasteiger partial charge in [-0.3, -0.25) is 4.79 Å². The lowest BCUT2D eigenvalue weighted by Gasteiger charge is -2.17. The Labute approximate surface area is 114 Å². The molecule has 0 radical (unpaired) electrons. The molecule has 1 amide bonds. The molecule has 2 rings (SSSR count). The molecule has 1 aromatic carbocycles. The third-order valence-electron chi connectivity index (χ3n) is 3.52. The van der Waals surface area contributed by atoms with Gasteiger partial charge in [-0.25, -0.2) is 0 Å². The Hall–Kier alpha value is -1.55. The SMILES string of the molecule is Cc1cc([C@@H](C)O)ccc1OCC(=O)N(C)C1CC1. The van der Waals surface area contributed by atoms with Crippen molar-refractivity contribution in [1.29, 1.82) is 0 Å². The van der Waals surface area contributed by atoms with Crippen molar-refractivity contribution in [1.82, 2.24) is 4.90 Å². The van der Waals surface area contributed by atoms with Crippen molar-refractivity contribution in [3.63, 3.8) is 0 Å². The quantitative estimate of drug-likeness (QED) is 0.884. The van der Waals surface area contributed by atoms with Gasteiger partial charge in [-0.15, -0.1) is 0 Å². The van der Waals surface area contributed by atoms with Gasteiger partial charge in [0.05, 0.1) is 6.10 Å². The second-order valence-corrected chi connectivity index (χ2v) is 5.23. The topological polar surface area (TPSA) is 49.8 Å². The first-order chi connectivity index (χ1) is 8.99. The van der Waals surface area contributed by atoms with Crippen LogP contribution < -0.4 is 4.74 Å². The van der Waals surface area contributed by atoms with Crippen molar-refractivity contribution in [3.05, 3.63) is 29.3 Å². The number of aryl methyl sites for hydroxylation is 1. The van der Waals surface area contributed by atoms with Crippen molar-refractivity contribution in [3.8, 4) is 5.75 Å². The number of hydrogen-bond donors (Lipinski definition) is 1. The summed E-state index contributed by atoms with van der Waals surface area (Å²) >= 11 is 0. The van der Waals surface area contributed by atoms with E-state index in [4.69, 9.17) is 4.74 Å². The summed E-state index contributed by atoms with van der Waals surface area (Å²) < 4.78 is 5.56. The van der Waals surface area contributed by atoms with E-state index < -0.39 is 6.10 Å². The van der Waals surface area contributed by atoms with Crippen LogP contribution in [-0.2, 0) is 4.79 Å². The maximum absolute atomic E-state index is 11.8. The molecule has 0 bridgehead atoms. The smallest absolute Gasteiger partial charge is 0.260 e. The van der Waals surface area contributed by atoms with E-state index >= 15 is 0 Å². The molecule has 0 aromatic heterocycles. The maximum Gasteiger partial charge on any atom is 0.260 e. The molecule has 0 heterocycles. The molecule has 0 saturated heterocycles. The summed E-state index contributed by atoms with van der Waals surface area (Å²) in [5, 5.41) is 9.50. The lowest BCUT2D eigenvalue weighted by atomic mass is 10.1. The molecule has 4 nitrogen and oxygen atoms in total. The summed E-state index contributed by atoms with van der Waals surface area (Å²) in [6, 6.07) is 5.92. The highest BCUT2D eigenvalue weighted by molar-refractivity contribution is 5.78. The fraction of sp³-hybridized carbons (Fsp3) is 0.533. The number of amides is 1. The van der Waals surface area contributed by atoms with Crippen molar-refractivity contribution in [2.24, 2.45) is 0 Å². The van der Waals surface area contributed by atoms with Gasteiger partial charge >= 0.3 is 0 Å². The molecule has 1 N–H and O–H groups in total. The number of hydrogen-bond acceptors (Lipinski definition) is 3. The van der Waals surface area contributed by atoms with Gasteiger partial charge in [0.25, 0.3) is 5.91 Å². The van der Waals surface area contributed by atoms with Crippen LogP contribution in [0.25, 0.3) is 0 Å². The first kappa shape index (κ1) is 13.9. The van der Waals surface area contributed by atoms with Gasteiger partial charge < -0.3 is 14.7 Å². The average Bonchev–Trinajstić information content (AvgIpc) is 3.20. The predicted octanol–water partition coefficient (Wildman–Crippen LogP) is 2.05. The Kier molecular flexibility index (Phi) is 4.10. The van der Waals surface area contributed by atoms with E-state index in [9.17, 15) is 9.90 Å². The second kappa shape index (κ2) is 5.61. The fourth-order valence-electron chi connectivity index (χ4n) is 2.00. The van der Waals surface area contributed by atoms with Crippen LogP contribution in [0, 0.1) is 6.92 Å².